The molecule has 1 N–H and O–H groups in total. The van der Waals surface area contributed by atoms with Crippen molar-refractivity contribution >= 4 is 45.0 Å². The summed E-state index contributed by atoms with van der Waals surface area (Å²) in [4.78, 5) is 12.2. The molecule has 0 aliphatic rings. The lowest BCUT2D eigenvalue weighted by Crippen LogP contribution is -2.27. The second-order valence-corrected chi connectivity index (χ2v) is 6.04. The van der Waals surface area contributed by atoms with Gasteiger partial charge in [-0.2, -0.15) is 0 Å². The summed E-state index contributed by atoms with van der Waals surface area (Å²) < 4.78 is 0.756. The molecule has 2 nitrogen and oxygen atoms in total. The summed E-state index contributed by atoms with van der Waals surface area (Å²) in [5.41, 5.74) is 1.42. The molecule has 2 aromatic rings. The highest BCUT2D eigenvalue weighted by atomic mass is 79.9. The molecule has 1 unspecified atom stereocenters. The number of amides is 1. The lowest BCUT2D eigenvalue weighted by atomic mass is 10.1. The Morgan fingerprint density at radius 2 is 1.90 bits per heavy atom. The molecular weight excluding hydrogens is 361 g/mol. The maximum Gasteiger partial charge on any atom is 0.252 e. The van der Waals surface area contributed by atoms with E-state index in [1.54, 1.807) is 18.2 Å². The molecule has 0 aliphatic heterocycles. The van der Waals surface area contributed by atoms with Gasteiger partial charge in [0.1, 0.15) is 0 Å². The largest absolute Gasteiger partial charge is 0.345 e. The molecule has 0 spiro atoms. The topological polar surface area (TPSA) is 29.1 Å². The minimum atomic E-state index is -0.209. The first-order valence-corrected chi connectivity index (χ1v) is 7.54. The van der Waals surface area contributed by atoms with E-state index < -0.39 is 0 Å². The molecule has 0 radical (unpaired) electrons. The molecule has 0 aliphatic carbocycles. The summed E-state index contributed by atoms with van der Waals surface area (Å²) in [6.45, 7) is 1.88. The van der Waals surface area contributed by atoms with Crippen LogP contribution in [0.5, 0.6) is 0 Å². The number of hydrogen-bond acceptors (Lipinski definition) is 1. The van der Waals surface area contributed by atoms with E-state index in [2.05, 4.69) is 21.2 Å². The molecule has 0 bridgehead atoms. The molecule has 0 saturated carbocycles. The van der Waals surface area contributed by atoms with Crippen LogP contribution in [0.25, 0.3) is 0 Å². The van der Waals surface area contributed by atoms with Crippen LogP contribution in [0.15, 0.2) is 46.9 Å². The van der Waals surface area contributed by atoms with Gasteiger partial charge >= 0.3 is 0 Å². The van der Waals surface area contributed by atoms with E-state index in [1.807, 2.05) is 31.2 Å². The number of carbonyl (C=O) groups is 1. The van der Waals surface area contributed by atoms with Gasteiger partial charge in [0.15, 0.2) is 0 Å². The summed E-state index contributed by atoms with van der Waals surface area (Å²) in [6.07, 6.45) is 0. The van der Waals surface area contributed by atoms with E-state index in [0.717, 1.165) is 10.0 Å². The maximum atomic E-state index is 12.2. The minimum Gasteiger partial charge on any atom is -0.345 e. The van der Waals surface area contributed by atoms with Gasteiger partial charge in [-0.25, -0.2) is 0 Å². The first kappa shape index (κ1) is 15.4. The van der Waals surface area contributed by atoms with Crippen LogP contribution >= 0.6 is 39.1 Å². The van der Waals surface area contributed by atoms with Gasteiger partial charge in [-0.3, -0.25) is 4.79 Å². The Morgan fingerprint density at radius 1 is 1.20 bits per heavy atom. The summed E-state index contributed by atoms with van der Waals surface area (Å²) in [6, 6.07) is 12.3. The smallest absolute Gasteiger partial charge is 0.252 e. The van der Waals surface area contributed by atoms with E-state index in [1.165, 1.54) is 0 Å². The average molecular weight is 373 g/mol. The van der Waals surface area contributed by atoms with Gasteiger partial charge in [0.2, 0.25) is 0 Å². The van der Waals surface area contributed by atoms with Gasteiger partial charge in [-0.1, -0.05) is 41.4 Å². The van der Waals surface area contributed by atoms with Crippen LogP contribution in [-0.4, -0.2) is 5.91 Å². The lowest BCUT2D eigenvalue weighted by Gasteiger charge is -2.16. The number of benzene rings is 2. The van der Waals surface area contributed by atoms with Crippen molar-refractivity contribution < 1.29 is 4.79 Å². The fraction of sp³-hybridized carbons (Fsp3) is 0.133. The highest BCUT2D eigenvalue weighted by Crippen LogP contribution is 2.26. The second kappa shape index (κ2) is 6.61. The van der Waals surface area contributed by atoms with Crippen molar-refractivity contribution in [3.8, 4) is 0 Å². The van der Waals surface area contributed by atoms with Crippen LogP contribution in [0, 0.1) is 0 Å². The molecule has 5 heteroatoms. The van der Waals surface area contributed by atoms with Crippen LogP contribution in [-0.2, 0) is 0 Å². The van der Waals surface area contributed by atoms with E-state index in [0.29, 0.717) is 15.6 Å². The van der Waals surface area contributed by atoms with Crippen molar-refractivity contribution in [3.05, 3.63) is 68.1 Å². The Kier molecular flexibility index (Phi) is 5.08. The fourth-order valence-corrected chi connectivity index (χ4v) is 2.89. The molecule has 0 aromatic heterocycles. The van der Waals surface area contributed by atoms with Gasteiger partial charge in [0, 0.05) is 14.5 Å². The van der Waals surface area contributed by atoms with Crippen molar-refractivity contribution in [2.24, 2.45) is 0 Å². The van der Waals surface area contributed by atoms with Crippen LogP contribution in [0.4, 0.5) is 0 Å². The zero-order chi connectivity index (χ0) is 14.7. The monoisotopic (exact) mass is 371 g/mol. The molecule has 0 saturated heterocycles. The minimum absolute atomic E-state index is 0.156. The lowest BCUT2D eigenvalue weighted by molar-refractivity contribution is 0.0939. The Morgan fingerprint density at radius 3 is 2.55 bits per heavy atom. The third kappa shape index (κ3) is 3.54. The van der Waals surface area contributed by atoms with E-state index in [-0.39, 0.29) is 11.9 Å². The number of nitrogens with one attached hydrogen (secondary N) is 1. The Bertz CT molecular complexity index is 646. The molecule has 2 aromatic carbocycles. The van der Waals surface area contributed by atoms with Crippen molar-refractivity contribution in [1.29, 1.82) is 0 Å². The van der Waals surface area contributed by atoms with Gasteiger partial charge in [0.05, 0.1) is 11.6 Å². The summed E-state index contributed by atoms with van der Waals surface area (Å²) in [5.74, 6) is -0.156. The molecule has 0 fully saturated rings. The standard InChI is InChI=1S/C15H12BrCl2NO/c1-9(11-7-6-10(17)8-14(11)18)19-15(20)12-4-2-3-5-13(12)16/h2-9H,1H3,(H,19,20). The zero-order valence-electron chi connectivity index (χ0n) is 10.7. The maximum absolute atomic E-state index is 12.2. The Balaban J connectivity index is 2.17. The molecule has 0 heterocycles. The predicted octanol–water partition coefficient (Wildman–Crippen LogP) is 5.25. The first-order valence-electron chi connectivity index (χ1n) is 5.99. The van der Waals surface area contributed by atoms with Crippen molar-refractivity contribution in [2.75, 3.05) is 0 Å². The quantitative estimate of drug-likeness (QED) is 0.783. The van der Waals surface area contributed by atoms with Gasteiger partial charge in [0.25, 0.3) is 5.91 Å². The molecule has 2 rings (SSSR count). The van der Waals surface area contributed by atoms with E-state index >= 15 is 0 Å². The average Bonchev–Trinajstić information content (AvgIpc) is 2.38. The van der Waals surface area contributed by atoms with Crippen LogP contribution in [0.2, 0.25) is 10.0 Å². The summed E-state index contributed by atoms with van der Waals surface area (Å²) in [5, 5.41) is 4.03. The molecule has 20 heavy (non-hydrogen) atoms. The number of hydrogen-bond donors (Lipinski definition) is 1. The van der Waals surface area contributed by atoms with Gasteiger partial charge in [-0.05, 0) is 52.7 Å². The molecule has 104 valence electrons. The molecule has 1 atom stereocenters. The SMILES string of the molecule is CC(NC(=O)c1ccccc1Br)c1ccc(Cl)cc1Cl. The zero-order valence-corrected chi connectivity index (χ0v) is 13.8. The highest BCUT2D eigenvalue weighted by Gasteiger charge is 2.15. The highest BCUT2D eigenvalue weighted by molar-refractivity contribution is 9.10. The second-order valence-electron chi connectivity index (χ2n) is 4.34. The van der Waals surface area contributed by atoms with Crippen LogP contribution < -0.4 is 5.32 Å². The normalized spacial score (nSPS) is 12.0. The summed E-state index contributed by atoms with van der Waals surface area (Å²) >= 11 is 15.4. The van der Waals surface area contributed by atoms with Gasteiger partial charge < -0.3 is 5.32 Å². The van der Waals surface area contributed by atoms with Crippen molar-refractivity contribution in [2.45, 2.75) is 13.0 Å². The third-order valence-electron chi connectivity index (χ3n) is 2.90. The number of carbonyl (C=O) groups excluding carboxylic acids is 1. The predicted molar refractivity (Wildman–Crippen MR) is 86.5 cm³/mol. The van der Waals surface area contributed by atoms with Crippen LogP contribution in [0.3, 0.4) is 0 Å². The number of rotatable bonds is 3. The van der Waals surface area contributed by atoms with Crippen LogP contribution in [0.1, 0.15) is 28.9 Å². The molecular formula is C15H12BrCl2NO. The Labute approximate surface area is 136 Å². The van der Waals surface area contributed by atoms with Gasteiger partial charge in [-0.15, -0.1) is 0 Å². The molecule has 1 amide bonds. The fourth-order valence-electron chi connectivity index (χ4n) is 1.85. The van der Waals surface area contributed by atoms with Crippen molar-refractivity contribution in [1.82, 2.24) is 5.32 Å². The van der Waals surface area contributed by atoms with E-state index in [9.17, 15) is 4.79 Å². The van der Waals surface area contributed by atoms with E-state index in [4.69, 9.17) is 23.2 Å². The Hall–Kier alpha value is -1.03. The third-order valence-corrected chi connectivity index (χ3v) is 4.15. The first-order chi connectivity index (χ1) is 9.49. The summed E-state index contributed by atoms with van der Waals surface area (Å²) in [7, 11) is 0. The van der Waals surface area contributed by atoms with Crippen molar-refractivity contribution in [3.63, 3.8) is 0 Å². The number of halogens is 3.